The lowest BCUT2D eigenvalue weighted by Gasteiger charge is -2.30. The molecule has 126 valence electrons. The molecule has 0 fully saturated rings. The Morgan fingerprint density at radius 2 is 2.17 bits per heavy atom. The quantitative estimate of drug-likeness (QED) is 0.650. The van der Waals surface area contributed by atoms with Gasteiger partial charge < -0.3 is 10.2 Å². The van der Waals surface area contributed by atoms with Gasteiger partial charge in [0.15, 0.2) is 0 Å². The van der Waals surface area contributed by atoms with Gasteiger partial charge in [0.05, 0.1) is 11.0 Å². The van der Waals surface area contributed by atoms with E-state index >= 15 is 0 Å². The Labute approximate surface area is 140 Å². The van der Waals surface area contributed by atoms with Crippen molar-refractivity contribution >= 4 is 17.3 Å². The van der Waals surface area contributed by atoms with Crippen molar-refractivity contribution in [2.24, 2.45) is 0 Å². The van der Waals surface area contributed by atoms with Gasteiger partial charge >= 0.3 is 0 Å². The van der Waals surface area contributed by atoms with Crippen LogP contribution in [0.2, 0.25) is 0 Å². The summed E-state index contributed by atoms with van der Waals surface area (Å²) in [6.45, 7) is 4.48. The zero-order valence-corrected chi connectivity index (χ0v) is 13.9. The van der Waals surface area contributed by atoms with E-state index in [1.807, 2.05) is 30.9 Å². The Morgan fingerprint density at radius 1 is 1.42 bits per heavy atom. The van der Waals surface area contributed by atoms with Gasteiger partial charge in [-0.05, 0) is 37.6 Å². The summed E-state index contributed by atoms with van der Waals surface area (Å²) in [5, 5.41) is 14.0. The Kier molecular flexibility index (Phi) is 5.47. The smallest absolute Gasteiger partial charge is 0.293 e. The normalized spacial score (nSPS) is 11.6. The van der Waals surface area contributed by atoms with Gasteiger partial charge in [0.1, 0.15) is 5.69 Å². The SMILES string of the molecule is CCN(c1ccc(C(=O)NC)cc1[N+](=O)[O-])C(C)c1cccnc1. The van der Waals surface area contributed by atoms with E-state index in [9.17, 15) is 14.9 Å². The average molecular weight is 328 g/mol. The molecule has 2 rings (SSSR count). The molecule has 0 spiro atoms. The number of rotatable bonds is 6. The summed E-state index contributed by atoms with van der Waals surface area (Å²) in [7, 11) is 1.49. The van der Waals surface area contributed by atoms with Crippen molar-refractivity contribution in [2.45, 2.75) is 19.9 Å². The second-order valence-corrected chi connectivity index (χ2v) is 5.29. The molecule has 1 atom stereocenters. The molecule has 1 amide bonds. The van der Waals surface area contributed by atoms with Crippen LogP contribution in [-0.4, -0.2) is 29.4 Å². The molecule has 0 radical (unpaired) electrons. The van der Waals surface area contributed by atoms with E-state index in [0.717, 1.165) is 5.56 Å². The fourth-order valence-corrected chi connectivity index (χ4v) is 2.65. The molecule has 2 aromatic rings. The number of hydrogen-bond donors (Lipinski definition) is 1. The summed E-state index contributed by atoms with van der Waals surface area (Å²) in [4.78, 5) is 28.8. The van der Waals surface area contributed by atoms with E-state index in [1.165, 1.54) is 13.1 Å². The second-order valence-electron chi connectivity index (χ2n) is 5.29. The van der Waals surface area contributed by atoms with E-state index in [1.54, 1.807) is 24.5 Å². The number of amides is 1. The van der Waals surface area contributed by atoms with Crippen LogP contribution in [0.25, 0.3) is 0 Å². The van der Waals surface area contributed by atoms with E-state index in [-0.39, 0.29) is 23.2 Å². The first kappa shape index (κ1) is 17.4. The summed E-state index contributed by atoms with van der Waals surface area (Å²) in [6.07, 6.45) is 3.44. The molecule has 24 heavy (non-hydrogen) atoms. The van der Waals surface area contributed by atoms with Crippen molar-refractivity contribution in [3.05, 3.63) is 64.0 Å². The number of anilines is 1. The van der Waals surface area contributed by atoms with E-state index in [0.29, 0.717) is 12.2 Å². The van der Waals surface area contributed by atoms with Crippen LogP contribution in [0.5, 0.6) is 0 Å². The molecular formula is C17H20N4O3. The predicted molar refractivity (Wildman–Crippen MR) is 92.2 cm³/mol. The molecule has 1 N–H and O–H groups in total. The largest absolute Gasteiger partial charge is 0.359 e. The summed E-state index contributed by atoms with van der Waals surface area (Å²) in [6, 6.07) is 8.22. The number of nitrogens with one attached hydrogen (secondary N) is 1. The van der Waals surface area contributed by atoms with Crippen LogP contribution < -0.4 is 10.2 Å². The lowest BCUT2D eigenvalue weighted by molar-refractivity contribution is -0.384. The highest BCUT2D eigenvalue weighted by atomic mass is 16.6. The van der Waals surface area contributed by atoms with Crippen molar-refractivity contribution in [1.82, 2.24) is 10.3 Å². The van der Waals surface area contributed by atoms with Crippen LogP contribution in [0.3, 0.4) is 0 Å². The summed E-state index contributed by atoms with van der Waals surface area (Å²) in [5.74, 6) is -0.354. The highest BCUT2D eigenvalue weighted by Crippen LogP contribution is 2.34. The maximum atomic E-state index is 11.7. The summed E-state index contributed by atoms with van der Waals surface area (Å²) >= 11 is 0. The fourth-order valence-electron chi connectivity index (χ4n) is 2.65. The number of nitro groups is 1. The number of carbonyl (C=O) groups is 1. The zero-order valence-electron chi connectivity index (χ0n) is 13.9. The Morgan fingerprint density at radius 3 is 2.71 bits per heavy atom. The molecule has 0 bridgehead atoms. The summed E-state index contributed by atoms with van der Waals surface area (Å²) in [5.41, 5.74) is 1.61. The molecule has 1 heterocycles. The highest BCUT2D eigenvalue weighted by Gasteiger charge is 2.24. The first-order valence-electron chi connectivity index (χ1n) is 7.66. The number of aromatic nitrogens is 1. The number of carbonyl (C=O) groups excluding carboxylic acids is 1. The molecule has 7 heteroatoms. The lowest BCUT2D eigenvalue weighted by atomic mass is 10.1. The van der Waals surface area contributed by atoms with Crippen molar-refractivity contribution in [2.75, 3.05) is 18.5 Å². The third kappa shape index (κ3) is 3.51. The number of pyridine rings is 1. The zero-order chi connectivity index (χ0) is 17.7. The Hall–Kier alpha value is -2.96. The fraction of sp³-hybridized carbons (Fsp3) is 0.294. The highest BCUT2D eigenvalue weighted by molar-refractivity contribution is 5.95. The number of hydrogen-bond acceptors (Lipinski definition) is 5. The van der Waals surface area contributed by atoms with Crippen LogP contribution in [0.15, 0.2) is 42.7 Å². The summed E-state index contributed by atoms with van der Waals surface area (Å²) < 4.78 is 0. The van der Waals surface area contributed by atoms with Gasteiger partial charge in [-0.2, -0.15) is 0 Å². The molecule has 0 saturated heterocycles. The maximum absolute atomic E-state index is 11.7. The monoisotopic (exact) mass is 328 g/mol. The van der Waals surface area contributed by atoms with Gasteiger partial charge in [0, 0.05) is 37.6 Å². The van der Waals surface area contributed by atoms with Gasteiger partial charge in [-0.25, -0.2) is 0 Å². The lowest BCUT2D eigenvalue weighted by Crippen LogP contribution is -2.27. The van der Waals surface area contributed by atoms with Crippen LogP contribution in [0, 0.1) is 10.1 Å². The van der Waals surface area contributed by atoms with E-state index in [2.05, 4.69) is 10.3 Å². The van der Waals surface area contributed by atoms with Crippen LogP contribution >= 0.6 is 0 Å². The molecule has 1 aromatic heterocycles. The number of nitro benzene ring substituents is 1. The third-order valence-electron chi connectivity index (χ3n) is 3.95. The average Bonchev–Trinajstić information content (AvgIpc) is 2.62. The third-order valence-corrected chi connectivity index (χ3v) is 3.95. The predicted octanol–water partition coefficient (Wildman–Crippen LogP) is 2.94. The first-order chi connectivity index (χ1) is 11.5. The van der Waals surface area contributed by atoms with Crippen molar-refractivity contribution in [1.29, 1.82) is 0 Å². The molecule has 0 aliphatic heterocycles. The number of benzene rings is 1. The molecule has 0 aliphatic rings. The van der Waals surface area contributed by atoms with Gasteiger partial charge in [-0.15, -0.1) is 0 Å². The molecule has 0 saturated carbocycles. The second kappa shape index (κ2) is 7.54. The molecule has 0 aliphatic carbocycles. The van der Waals surface area contributed by atoms with Gasteiger partial charge in [-0.3, -0.25) is 19.9 Å². The van der Waals surface area contributed by atoms with Crippen molar-refractivity contribution < 1.29 is 9.72 Å². The minimum absolute atomic E-state index is 0.0892. The van der Waals surface area contributed by atoms with Gasteiger partial charge in [0.2, 0.25) is 0 Å². The van der Waals surface area contributed by atoms with Crippen LogP contribution in [-0.2, 0) is 0 Å². The minimum atomic E-state index is -0.458. The number of nitrogens with zero attached hydrogens (tertiary/aromatic N) is 3. The minimum Gasteiger partial charge on any atom is -0.359 e. The van der Waals surface area contributed by atoms with E-state index < -0.39 is 4.92 Å². The van der Waals surface area contributed by atoms with Crippen LogP contribution in [0.4, 0.5) is 11.4 Å². The van der Waals surface area contributed by atoms with Gasteiger partial charge in [0.25, 0.3) is 11.6 Å². The van der Waals surface area contributed by atoms with Crippen molar-refractivity contribution in [3.8, 4) is 0 Å². The first-order valence-corrected chi connectivity index (χ1v) is 7.66. The van der Waals surface area contributed by atoms with Gasteiger partial charge in [-0.1, -0.05) is 6.07 Å². The topological polar surface area (TPSA) is 88.4 Å². The van der Waals surface area contributed by atoms with Crippen LogP contribution in [0.1, 0.15) is 35.8 Å². The molecule has 7 nitrogen and oxygen atoms in total. The Balaban J connectivity index is 2.48. The van der Waals surface area contributed by atoms with E-state index in [4.69, 9.17) is 0 Å². The van der Waals surface area contributed by atoms with Crippen molar-refractivity contribution in [3.63, 3.8) is 0 Å². The Bertz CT molecular complexity index is 734. The molecular weight excluding hydrogens is 308 g/mol. The maximum Gasteiger partial charge on any atom is 0.293 e. The molecule has 1 aromatic carbocycles. The molecule has 1 unspecified atom stereocenters. The standard InChI is InChI=1S/C17H20N4O3/c1-4-20(12(2)14-6-5-9-19-11-14)15-8-7-13(17(22)18-3)10-16(15)21(23)24/h5-12H,4H2,1-3H3,(H,18,22).